The highest BCUT2D eigenvalue weighted by Gasteiger charge is 2.61. The molecule has 2 aliphatic heterocycles. The Labute approximate surface area is 128 Å². The minimum atomic E-state index is -0.435. The summed E-state index contributed by atoms with van der Waals surface area (Å²) in [4.78, 5) is 17.1. The molecule has 0 radical (unpaired) electrons. The van der Waals surface area contributed by atoms with Crippen molar-refractivity contribution in [2.24, 2.45) is 5.92 Å². The zero-order chi connectivity index (χ0) is 15.1. The van der Waals surface area contributed by atoms with Crippen LogP contribution in [0.5, 0.6) is 0 Å². The van der Waals surface area contributed by atoms with Gasteiger partial charge in [0.2, 0.25) is 0 Å². The predicted molar refractivity (Wildman–Crippen MR) is 83.2 cm³/mol. The summed E-state index contributed by atoms with van der Waals surface area (Å²) in [6.07, 6.45) is 5.40. The topological polar surface area (TPSA) is 32.8 Å². The van der Waals surface area contributed by atoms with E-state index in [0.717, 1.165) is 51.4 Å². The molecule has 0 aromatic carbocycles. The number of ether oxygens (including phenoxy) is 1. The minimum absolute atomic E-state index is 0.102. The third-order valence-corrected chi connectivity index (χ3v) is 5.29. The largest absolute Gasteiger partial charge is 0.356 e. The summed E-state index contributed by atoms with van der Waals surface area (Å²) < 4.78 is 6.46. The van der Waals surface area contributed by atoms with Gasteiger partial charge < -0.3 is 14.5 Å². The lowest BCUT2D eigenvalue weighted by Gasteiger charge is -2.50. The molecule has 4 heteroatoms. The Bertz CT molecular complexity index is 406. The predicted octanol–water partition coefficient (Wildman–Crippen LogP) is 2.28. The van der Waals surface area contributed by atoms with Gasteiger partial charge in [-0.05, 0) is 58.0 Å². The lowest BCUT2D eigenvalue weighted by molar-refractivity contribution is -0.201. The van der Waals surface area contributed by atoms with E-state index in [2.05, 4.69) is 25.7 Å². The van der Waals surface area contributed by atoms with Gasteiger partial charge in [-0.25, -0.2) is 0 Å². The van der Waals surface area contributed by atoms with Gasteiger partial charge >= 0.3 is 0 Å². The molecule has 0 aromatic rings. The molecule has 0 aromatic heterocycles. The molecule has 1 unspecified atom stereocenters. The number of morpholine rings is 1. The fraction of sp³-hybridized carbons (Fsp3) is 0.941. The molecule has 3 rings (SSSR count). The van der Waals surface area contributed by atoms with Gasteiger partial charge in [-0.2, -0.15) is 0 Å². The first-order chi connectivity index (χ1) is 9.99. The van der Waals surface area contributed by atoms with Gasteiger partial charge in [0.25, 0.3) is 5.91 Å². The highest BCUT2D eigenvalue weighted by atomic mass is 16.5. The number of amides is 1. The molecule has 1 saturated carbocycles. The molecule has 1 atom stereocenters. The Hall–Kier alpha value is -0.610. The number of piperidine rings is 1. The molecule has 0 N–H and O–H groups in total. The standard InChI is InChI=1S/C17H30N2O2/c1-4-19-13-16(21-17(8-9-17)15(19)20)7-5-10-18(12-16)11-6-14(2)3/h14H,4-13H2,1-3H3. The van der Waals surface area contributed by atoms with Crippen molar-refractivity contribution in [1.29, 1.82) is 0 Å². The number of likely N-dealkylation sites (N-methyl/N-ethyl adjacent to an activating group) is 1. The van der Waals surface area contributed by atoms with Gasteiger partial charge in [0.05, 0.1) is 12.1 Å². The van der Waals surface area contributed by atoms with Crippen LogP contribution in [0.4, 0.5) is 0 Å². The van der Waals surface area contributed by atoms with Gasteiger partial charge in [0.1, 0.15) is 5.60 Å². The normalized spacial score (nSPS) is 32.4. The molecule has 3 fully saturated rings. The van der Waals surface area contributed by atoms with Crippen LogP contribution in [0.3, 0.4) is 0 Å². The fourth-order valence-electron chi connectivity index (χ4n) is 3.92. The van der Waals surface area contributed by atoms with E-state index in [-0.39, 0.29) is 11.5 Å². The van der Waals surface area contributed by atoms with E-state index < -0.39 is 5.60 Å². The van der Waals surface area contributed by atoms with Gasteiger partial charge in [-0.15, -0.1) is 0 Å². The summed E-state index contributed by atoms with van der Waals surface area (Å²) in [5, 5.41) is 0. The molecule has 3 aliphatic rings. The van der Waals surface area contributed by atoms with E-state index in [1.54, 1.807) is 0 Å². The van der Waals surface area contributed by atoms with Crippen molar-refractivity contribution in [1.82, 2.24) is 9.80 Å². The maximum Gasteiger partial charge on any atom is 0.254 e. The van der Waals surface area contributed by atoms with Crippen molar-refractivity contribution in [3.8, 4) is 0 Å². The van der Waals surface area contributed by atoms with Crippen LogP contribution < -0.4 is 0 Å². The van der Waals surface area contributed by atoms with Crippen molar-refractivity contribution < 1.29 is 9.53 Å². The van der Waals surface area contributed by atoms with Crippen LogP contribution in [-0.2, 0) is 9.53 Å². The average molecular weight is 294 g/mol. The summed E-state index contributed by atoms with van der Waals surface area (Å²) in [6.45, 7) is 11.6. The Morgan fingerprint density at radius 3 is 2.62 bits per heavy atom. The highest BCUT2D eigenvalue weighted by molar-refractivity contribution is 5.89. The number of carbonyl (C=O) groups is 1. The number of likely N-dealkylation sites (tertiary alicyclic amines) is 1. The zero-order valence-corrected chi connectivity index (χ0v) is 13.9. The van der Waals surface area contributed by atoms with Gasteiger partial charge in [-0.3, -0.25) is 4.79 Å². The summed E-state index contributed by atoms with van der Waals surface area (Å²) in [6, 6.07) is 0. The smallest absolute Gasteiger partial charge is 0.254 e. The lowest BCUT2D eigenvalue weighted by Crippen LogP contribution is -2.65. The van der Waals surface area contributed by atoms with Gasteiger partial charge in [-0.1, -0.05) is 13.8 Å². The quantitative estimate of drug-likeness (QED) is 0.797. The Balaban J connectivity index is 1.69. The fourth-order valence-corrected chi connectivity index (χ4v) is 3.92. The first-order valence-corrected chi connectivity index (χ1v) is 8.70. The number of carbonyl (C=O) groups excluding carboxylic acids is 1. The molecular formula is C17H30N2O2. The third-order valence-electron chi connectivity index (χ3n) is 5.29. The van der Waals surface area contributed by atoms with Crippen LogP contribution in [0.15, 0.2) is 0 Å². The lowest BCUT2D eigenvalue weighted by atomic mass is 9.89. The molecule has 120 valence electrons. The van der Waals surface area contributed by atoms with Crippen molar-refractivity contribution in [3.63, 3.8) is 0 Å². The molecule has 1 aliphatic carbocycles. The van der Waals surface area contributed by atoms with E-state index in [9.17, 15) is 4.79 Å². The second kappa shape index (κ2) is 5.54. The average Bonchev–Trinajstić information content (AvgIpc) is 3.21. The number of rotatable bonds is 4. The molecule has 0 bridgehead atoms. The third kappa shape index (κ3) is 2.98. The van der Waals surface area contributed by atoms with Crippen LogP contribution in [0, 0.1) is 5.92 Å². The summed E-state index contributed by atoms with van der Waals surface area (Å²) in [5.41, 5.74) is -0.537. The monoisotopic (exact) mass is 294 g/mol. The summed E-state index contributed by atoms with van der Waals surface area (Å²) in [7, 11) is 0. The number of hydrogen-bond acceptors (Lipinski definition) is 3. The molecular weight excluding hydrogens is 264 g/mol. The Morgan fingerprint density at radius 2 is 2.00 bits per heavy atom. The van der Waals surface area contributed by atoms with E-state index >= 15 is 0 Å². The van der Waals surface area contributed by atoms with E-state index in [1.807, 2.05) is 4.90 Å². The Kier molecular flexibility index (Phi) is 4.04. The van der Waals surface area contributed by atoms with Gasteiger partial charge in [0, 0.05) is 13.1 Å². The van der Waals surface area contributed by atoms with Gasteiger partial charge in [0.15, 0.2) is 0 Å². The molecule has 4 nitrogen and oxygen atoms in total. The van der Waals surface area contributed by atoms with Crippen LogP contribution in [0.1, 0.15) is 52.9 Å². The second-order valence-corrected chi connectivity index (χ2v) is 7.66. The highest BCUT2D eigenvalue weighted by Crippen LogP contribution is 2.49. The summed E-state index contributed by atoms with van der Waals surface area (Å²) in [5.74, 6) is 0.994. The number of hydrogen-bond donors (Lipinski definition) is 0. The van der Waals surface area contributed by atoms with Crippen LogP contribution in [0.25, 0.3) is 0 Å². The summed E-state index contributed by atoms with van der Waals surface area (Å²) >= 11 is 0. The van der Waals surface area contributed by atoms with Crippen molar-refractivity contribution in [2.45, 2.75) is 64.1 Å². The Morgan fingerprint density at radius 1 is 1.24 bits per heavy atom. The van der Waals surface area contributed by atoms with Crippen LogP contribution >= 0.6 is 0 Å². The molecule has 2 spiro atoms. The van der Waals surface area contributed by atoms with Crippen molar-refractivity contribution in [2.75, 3.05) is 32.7 Å². The van der Waals surface area contributed by atoms with Crippen LogP contribution in [0.2, 0.25) is 0 Å². The van der Waals surface area contributed by atoms with E-state index in [1.165, 1.54) is 19.4 Å². The molecule has 1 amide bonds. The first-order valence-electron chi connectivity index (χ1n) is 8.70. The van der Waals surface area contributed by atoms with Crippen molar-refractivity contribution >= 4 is 5.91 Å². The maximum absolute atomic E-state index is 12.5. The zero-order valence-electron chi connectivity index (χ0n) is 13.9. The van der Waals surface area contributed by atoms with Crippen LogP contribution in [-0.4, -0.2) is 59.6 Å². The maximum atomic E-state index is 12.5. The SMILES string of the molecule is CCN1CC2(CCCN(CCC(C)C)C2)OC2(CC2)C1=O. The molecule has 21 heavy (non-hydrogen) atoms. The molecule has 2 heterocycles. The second-order valence-electron chi connectivity index (χ2n) is 7.66. The minimum Gasteiger partial charge on any atom is -0.356 e. The van der Waals surface area contributed by atoms with E-state index in [0.29, 0.717) is 0 Å². The number of nitrogens with zero attached hydrogens (tertiary/aromatic N) is 2. The van der Waals surface area contributed by atoms with E-state index in [4.69, 9.17) is 4.74 Å². The van der Waals surface area contributed by atoms with Crippen molar-refractivity contribution in [3.05, 3.63) is 0 Å². The molecule has 2 saturated heterocycles. The first kappa shape index (κ1) is 15.3.